The Kier molecular flexibility index (Phi) is 5.38. The molecule has 5 rings (SSSR count). The quantitative estimate of drug-likeness (QED) is 0.345. The number of piperazine rings is 1. The molecule has 0 bridgehead atoms. The zero-order valence-corrected chi connectivity index (χ0v) is 17.7. The van der Waals surface area contributed by atoms with Gasteiger partial charge < -0.3 is 14.2 Å². The van der Waals surface area contributed by atoms with Gasteiger partial charge in [0.1, 0.15) is 17.3 Å². The molecule has 2 aromatic carbocycles. The van der Waals surface area contributed by atoms with Crippen LogP contribution in [0, 0.1) is 11.6 Å². The number of anilines is 1. The van der Waals surface area contributed by atoms with E-state index in [1.165, 1.54) is 24.3 Å². The number of carbonyl (C=O) groups is 2. The number of halogens is 2. The molecule has 5 nitrogen and oxygen atoms in total. The number of carbonyl (C=O) groups excluding carboxylic acids is 2. The predicted molar refractivity (Wildman–Crippen MR) is 122 cm³/mol. The minimum atomic E-state index is -0.601. The maximum atomic E-state index is 13.5. The highest BCUT2D eigenvalue weighted by atomic mass is 19.1. The molecular formula is C26H21F2N3O2. The number of benzene rings is 2. The van der Waals surface area contributed by atoms with E-state index in [4.69, 9.17) is 0 Å². The SMILES string of the molecule is O=C(C(=O)N1CCN(c2ccc(F)cc2)CC1)c1c(-c2ccc(F)cc2)cc2ccccn12. The second-order valence-electron chi connectivity index (χ2n) is 7.99. The summed E-state index contributed by atoms with van der Waals surface area (Å²) in [4.78, 5) is 30.2. The third kappa shape index (κ3) is 3.98. The van der Waals surface area contributed by atoms with Gasteiger partial charge in [-0.05, 0) is 60.2 Å². The molecule has 1 aliphatic heterocycles. The van der Waals surface area contributed by atoms with E-state index >= 15 is 0 Å². The molecule has 0 N–H and O–H groups in total. The Morgan fingerprint density at radius 2 is 1.39 bits per heavy atom. The van der Waals surface area contributed by atoms with Gasteiger partial charge in [0.05, 0.1) is 0 Å². The largest absolute Gasteiger partial charge is 0.368 e. The Balaban J connectivity index is 1.41. The first-order valence-electron chi connectivity index (χ1n) is 10.7. The van der Waals surface area contributed by atoms with Crippen molar-refractivity contribution < 1.29 is 18.4 Å². The van der Waals surface area contributed by atoms with E-state index < -0.39 is 11.7 Å². The van der Waals surface area contributed by atoms with Gasteiger partial charge in [0.2, 0.25) is 0 Å². The lowest BCUT2D eigenvalue weighted by molar-refractivity contribution is -0.126. The molecule has 0 radical (unpaired) electrons. The highest BCUT2D eigenvalue weighted by Gasteiger charge is 2.30. The van der Waals surface area contributed by atoms with Crippen molar-refractivity contribution in [1.82, 2.24) is 9.30 Å². The minimum absolute atomic E-state index is 0.267. The predicted octanol–water partition coefficient (Wildman–Crippen LogP) is 4.42. The molecule has 4 aromatic rings. The number of pyridine rings is 1. The molecule has 1 aliphatic rings. The Morgan fingerprint density at radius 1 is 0.758 bits per heavy atom. The lowest BCUT2D eigenvalue weighted by Crippen LogP contribution is -2.50. The van der Waals surface area contributed by atoms with Crippen LogP contribution in [0.25, 0.3) is 16.6 Å². The molecule has 166 valence electrons. The number of nitrogens with zero attached hydrogens (tertiary/aromatic N) is 3. The van der Waals surface area contributed by atoms with E-state index in [0.717, 1.165) is 11.2 Å². The summed E-state index contributed by atoms with van der Waals surface area (Å²) < 4.78 is 28.4. The summed E-state index contributed by atoms with van der Waals surface area (Å²) in [6.07, 6.45) is 1.75. The van der Waals surface area contributed by atoms with Crippen LogP contribution in [-0.4, -0.2) is 47.2 Å². The summed E-state index contributed by atoms with van der Waals surface area (Å²) in [6, 6.07) is 19.5. The number of hydrogen-bond donors (Lipinski definition) is 0. The number of amides is 1. The van der Waals surface area contributed by atoms with Crippen molar-refractivity contribution in [2.75, 3.05) is 31.1 Å². The van der Waals surface area contributed by atoms with Crippen molar-refractivity contribution in [3.63, 3.8) is 0 Å². The molecule has 0 saturated carbocycles. The lowest BCUT2D eigenvalue weighted by atomic mass is 10.0. The molecule has 1 amide bonds. The molecule has 7 heteroatoms. The number of rotatable bonds is 4. The van der Waals surface area contributed by atoms with Crippen LogP contribution in [0.5, 0.6) is 0 Å². The average molecular weight is 445 g/mol. The monoisotopic (exact) mass is 445 g/mol. The molecule has 2 aromatic heterocycles. The van der Waals surface area contributed by atoms with Crippen molar-refractivity contribution in [2.24, 2.45) is 0 Å². The smallest absolute Gasteiger partial charge is 0.296 e. The summed E-state index contributed by atoms with van der Waals surface area (Å²) in [5.41, 5.74) is 3.17. The minimum Gasteiger partial charge on any atom is -0.368 e. The molecule has 0 unspecified atom stereocenters. The van der Waals surface area contributed by atoms with E-state index in [9.17, 15) is 18.4 Å². The standard InChI is InChI=1S/C26H21F2N3O2/c27-19-6-4-18(5-7-19)23-17-22-3-1-2-12-31(22)24(23)25(32)26(33)30-15-13-29(14-16-30)21-10-8-20(28)9-11-21/h1-12,17H,13-16H2. The van der Waals surface area contributed by atoms with E-state index in [0.29, 0.717) is 37.3 Å². The lowest BCUT2D eigenvalue weighted by Gasteiger charge is -2.35. The number of ketones is 1. The van der Waals surface area contributed by atoms with Crippen LogP contribution in [0.3, 0.4) is 0 Å². The van der Waals surface area contributed by atoms with Crippen molar-refractivity contribution in [3.8, 4) is 11.1 Å². The summed E-state index contributed by atoms with van der Waals surface area (Å²) in [5.74, 6) is -1.84. The van der Waals surface area contributed by atoms with Crippen molar-refractivity contribution in [3.05, 3.63) is 96.3 Å². The number of aromatic nitrogens is 1. The van der Waals surface area contributed by atoms with Gasteiger partial charge in [0, 0.05) is 49.1 Å². The molecular weight excluding hydrogens is 424 g/mol. The van der Waals surface area contributed by atoms with Crippen LogP contribution in [0.1, 0.15) is 10.5 Å². The first-order valence-corrected chi connectivity index (χ1v) is 10.7. The van der Waals surface area contributed by atoms with Gasteiger partial charge in [-0.15, -0.1) is 0 Å². The molecule has 3 heterocycles. The summed E-state index contributed by atoms with van der Waals surface area (Å²) in [6.45, 7) is 1.86. The van der Waals surface area contributed by atoms with Crippen LogP contribution in [-0.2, 0) is 4.79 Å². The normalized spacial score (nSPS) is 14.0. The second-order valence-corrected chi connectivity index (χ2v) is 7.99. The van der Waals surface area contributed by atoms with E-state index in [1.807, 2.05) is 18.2 Å². The molecule has 0 atom stereocenters. The summed E-state index contributed by atoms with van der Waals surface area (Å²) >= 11 is 0. The highest BCUT2D eigenvalue weighted by Crippen LogP contribution is 2.29. The van der Waals surface area contributed by atoms with Gasteiger partial charge in [-0.2, -0.15) is 0 Å². The zero-order valence-electron chi connectivity index (χ0n) is 17.7. The van der Waals surface area contributed by atoms with E-state index in [1.54, 1.807) is 45.8 Å². The third-order valence-electron chi connectivity index (χ3n) is 6.00. The molecule has 33 heavy (non-hydrogen) atoms. The van der Waals surface area contributed by atoms with Crippen LogP contribution < -0.4 is 4.90 Å². The van der Waals surface area contributed by atoms with Gasteiger partial charge in [0.15, 0.2) is 0 Å². The number of hydrogen-bond acceptors (Lipinski definition) is 3. The zero-order chi connectivity index (χ0) is 22.9. The maximum Gasteiger partial charge on any atom is 0.296 e. The number of fused-ring (bicyclic) bond motifs is 1. The van der Waals surface area contributed by atoms with Crippen LogP contribution in [0.4, 0.5) is 14.5 Å². The fourth-order valence-corrected chi connectivity index (χ4v) is 4.27. The second kappa shape index (κ2) is 8.50. The van der Waals surface area contributed by atoms with Gasteiger partial charge in [-0.3, -0.25) is 9.59 Å². The Labute approximate surface area is 189 Å². The molecule has 1 saturated heterocycles. The first-order chi connectivity index (χ1) is 16.0. The fourth-order valence-electron chi connectivity index (χ4n) is 4.27. The molecule has 1 fully saturated rings. The highest BCUT2D eigenvalue weighted by molar-refractivity contribution is 6.43. The van der Waals surface area contributed by atoms with Gasteiger partial charge in [-0.1, -0.05) is 18.2 Å². The first kappa shape index (κ1) is 20.9. The Morgan fingerprint density at radius 3 is 2.06 bits per heavy atom. The summed E-state index contributed by atoms with van der Waals surface area (Å²) in [7, 11) is 0. The number of Topliss-reactive ketones (excluding diaryl/α,β-unsaturated/α-hetero) is 1. The maximum absolute atomic E-state index is 13.5. The van der Waals surface area contributed by atoms with Crippen LogP contribution in [0.2, 0.25) is 0 Å². The van der Waals surface area contributed by atoms with Crippen molar-refractivity contribution in [2.45, 2.75) is 0 Å². The Hall–Kier alpha value is -4.00. The molecule has 0 spiro atoms. The Bertz CT molecular complexity index is 1320. The van der Waals surface area contributed by atoms with Crippen LogP contribution >= 0.6 is 0 Å². The van der Waals surface area contributed by atoms with Gasteiger partial charge in [0.25, 0.3) is 11.7 Å². The summed E-state index contributed by atoms with van der Waals surface area (Å²) in [5, 5.41) is 0. The van der Waals surface area contributed by atoms with Crippen LogP contribution in [0.15, 0.2) is 79.0 Å². The fraction of sp³-hybridized carbons (Fsp3) is 0.154. The van der Waals surface area contributed by atoms with Crippen molar-refractivity contribution in [1.29, 1.82) is 0 Å². The van der Waals surface area contributed by atoms with Gasteiger partial charge in [-0.25, -0.2) is 8.78 Å². The topological polar surface area (TPSA) is 45.0 Å². The molecule has 0 aliphatic carbocycles. The van der Waals surface area contributed by atoms with E-state index in [-0.39, 0.29) is 17.3 Å². The van der Waals surface area contributed by atoms with E-state index in [2.05, 4.69) is 4.90 Å². The van der Waals surface area contributed by atoms with Crippen molar-refractivity contribution >= 4 is 22.9 Å². The average Bonchev–Trinajstić information content (AvgIpc) is 3.24. The third-order valence-corrected chi connectivity index (χ3v) is 6.00. The van der Waals surface area contributed by atoms with Gasteiger partial charge >= 0.3 is 0 Å².